The predicted molar refractivity (Wildman–Crippen MR) is 125 cm³/mol. The van der Waals surface area contributed by atoms with Gasteiger partial charge in [0.15, 0.2) is 0 Å². The molecule has 168 valence electrons. The third-order valence-corrected chi connectivity index (χ3v) is 6.72. The Morgan fingerprint density at radius 1 is 1.03 bits per heavy atom. The third-order valence-electron chi connectivity index (χ3n) is 5.65. The van der Waals surface area contributed by atoms with E-state index < -0.39 is 5.51 Å². The molecule has 0 radical (unpaired) electrons. The van der Waals surface area contributed by atoms with Crippen molar-refractivity contribution < 1.29 is 13.2 Å². The van der Waals surface area contributed by atoms with E-state index in [1.807, 2.05) is 36.5 Å². The number of alkyl halides is 3. The summed E-state index contributed by atoms with van der Waals surface area (Å²) < 4.78 is 37.8. The van der Waals surface area contributed by atoms with Crippen molar-refractivity contribution in [1.29, 1.82) is 0 Å². The van der Waals surface area contributed by atoms with Crippen molar-refractivity contribution in [2.45, 2.75) is 36.3 Å². The first-order valence-electron chi connectivity index (χ1n) is 10.2. The van der Waals surface area contributed by atoms with E-state index in [4.69, 9.17) is 11.6 Å². The molecule has 1 aliphatic rings. The van der Waals surface area contributed by atoms with Gasteiger partial charge in [0.2, 0.25) is 0 Å². The largest absolute Gasteiger partial charge is 0.446 e. The number of rotatable bonds is 5. The first-order valence-corrected chi connectivity index (χ1v) is 11.4. The van der Waals surface area contributed by atoms with Gasteiger partial charge in [-0.1, -0.05) is 29.8 Å². The van der Waals surface area contributed by atoms with Crippen LogP contribution in [0.2, 0.25) is 5.02 Å². The summed E-state index contributed by atoms with van der Waals surface area (Å²) >= 11 is 6.35. The minimum atomic E-state index is -4.28. The molecule has 8 heteroatoms. The van der Waals surface area contributed by atoms with Crippen LogP contribution in [0, 0.1) is 0 Å². The Balaban J connectivity index is 1.54. The highest BCUT2D eigenvalue weighted by molar-refractivity contribution is 8.00. The Labute approximate surface area is 195 Å². The maximum absolute atomic E-state index is 12.6. The molecule has 0 N–H and O–H groups in total. The number of nitrogens with zero attached hydrogens (tertiary/aromatic N) is 3. The topological polar surface area (TPSA) is 19.4 Å². The Morgan fingerprint density at radius 2 is 1.75 bits per heavy atom. The van der Waals surface area contributed by atoms with Crippen molar-refractivity contribution >= 4 is 29.1 Å². The predicted octanol–water partition coefficient (Wildman–Crippen LogP) is 7.07. The van der Waals surface area contributed by atoms with E-state index in [-0.39, 0.29) is 22.2 Å². The van der Waals surface area contributed by atoms with Gasteiger partial charge in [0.25, 0.3) is 0 Å². The lowest BCUT2D eigenvalue weighted by atomic mass is 9.99. The third kappa shape index (κ3) is 5.22. The van der Waals surface area contributed by atoms with E-state index in [1.165, 1.54) is 12.1 Å². The summed E-state index contributed by atoms with van der Waals surface area (Å²) in [4.78, 5) is 9.05. The maximum Gasteiger partial charge on any atom is 0.446 e. The normalized spacial score (nSPS) is 16.5. The molecule has 2 heterocycles. The number of anilines is 1. The van der Waals surface area contributed by atoms with E-state index in [1.54, 1.807) is 18.3 Å². The molecular weight excluding hydrogens is 455 g/mol. The average molecular weight is 478 g/mol. The Morgan fingerprint density at radius 3 is 2.44 bits per heavy atom. The zero-order chi connectivity index (χ0) is 22.9. The van der Waals surface area contributed by atoms with Crippen LogP contribution < -0.4 is 4.90 Å². The van der Waals surface area contributed by atoms with Crippen molar-refractivity contribution in [2.75, 3.05) is 18.1 Å². The van der Waals surface area contributed by atoms with E-state index in [2.05, 4.69) is 28.6 Å². The van der Waals surface area contributed by atoms with Gasteiger partial charge in [-0.25, -0.2) is 0 Å². The highest BCUT2D eigenvalue weighted by Gasteiger charge is 2.37. The zero-order valence-electron chi connectivity index (χ0n) is 17.7. The Kier molecular flexibility index (Phi) is 6.43. The van der Waals surface area contributed by atoms with E-state index in [0.29, 0.717) is 18.2 Å². The van der Waals surface area contributed by atoms with Gasteiger partial charge in [0, 0.05) is 57.8 Å². The molecule has 1 aliphatic heterocycles. The molecule has 32 heavy (non-hydrogen) atoms. The number of benzene rings is 2. The number of pyridine rings is 1. The van der Waals surface area contributed by atoms with Gasteiger partial charge in [-0.05, 0) is 67.6 Å². The standard InChI is InChI=1S/C24H23ClF3N3S/c1-23(2)15-30(18-7-9-19(10-8-18)32-24(26,27)28)16-31(23)14-17-11-12-29-13-21(17)20-5-3-4-6-22(20)25/h3-13H,14-16H2,1-2H3. The number of halogens is 4. The highest BCUT2D eigenvalue weighted by atomic mass is 35.5. The van der Waals surface area contributed by atoms with Crippen LogP contribution in [0.1, 0.15) is 19.4 Å². The number of thioether (sulfide) groups is 1. The van der Waals surface area contributed by atoms with Gasteiger partial charge >= 0.3 is 5.51 Å². The average Bonchev–Trinajstić information content (AvgIpc) is 3.02. The second-order valence-corrected chi connectivity index (χ2v) is 9.95. The highest BCUT2D eigenvalue weighted by Crippen LogP contribution is 2.38. The first kappa shape index (κ1) is 23.0. The van der Waals surface area contributed by atoms with Crippen LogP contribution in [-0.2, 0) is 6.54 Å². The molecule has 3 nitrogen and oxygen atoms in total. The maximum atomic E-state index is 12.6. The van der Waals surface area contributed by atoms with Gasteiger partial charge in [-0.3, -0.25) is 9.88 Å². The van der Waals surface area contributed by atoms with Crippen LogP contribution in [0.3, 0.4) is 0 Å². The van der Waals surface area contributed by atoms with E-state index >= 15 is 0 Å². The summed E-state index contributed by atoms with van der Waals surface area (Å²) in [5.74, 6) is 0. The fourth-order valence-corrected chi connectivity index (χ4v) is 4.78. The number of hydrogen-bond acceptors (Lipinski definition) is 4. The SMILES string of the molecule is CC1(C)CN(c2ccc(SC(F)(F)F)cc2)CN1Cc1ccncc1-c1ccccc1Cl. The Bertz CT molecular complexity index is 1090. The summed E-state index contributed by atoms with van der Waals surface area (Å²) in [6.07, 6.45) is 3.63. The molecule has 0 spiro atoms. The molecule has 0 atom stereocenters. The van der Waals surface area contributed by atoms with Crippen molar-refractivity contribution in [3.8, 4) is 11.1 Å². The zero-order valence-corrected chi connectivity index (χ0v) is 19.3. The quantitative estimate of drug-likeness (QED) is 0.366. The molecule has 0 amide bonds. The van der Waals surface area contributed by atoms with E-state index in [9.17, 15) is 13.2 Å². The van der Waals surface area contributed by atoms with Crippen LogP contribution >= 0.6 is 23.4 Å². The molecule has 2 aromatic carbocycles. The van der Waals surface area contributed by atoms with Crippen molar-refractivity contribution in [3.05, 3.63) is 77.6 Å². The molecular formula is C24H23ClF3N3S. The van der Waals surface area contributed by atoms with Crippen LogP contribution in [0.5, 0.6) is 0 Å². The summed E-state index contributed by atoms with van der Waals surface area (Å²) in [6, 6.07) is 16.3. The van der Waals surface area contributed by atoms with Crippen molar-refractivity contribution in [1.82, 2.24) is 9.88 Å². The summed E-state index contributed by atoms with van der Waals surface area (Å²) in [7, 11) is 0. The Hall–Kier alpha value is -2.22. The molecule has 0 unspecified atom stereocenters. The molecule has 0 bridgehead atoms. The lowest BCUT2D eigenvalue weighted by molar-refractivity contribution is -0.0328. The van der Waals surface area contributed by atoms with Crippen LogP contribution in [0.4, 0.5) is 18.9 Å². The van der Waals surface area contributed by atoms with Gasteiger partial charge < -0.3 is 4.90 Å². The van der Waals surface area contributed by atoms with E-state index in [0.717, 1.165) is 28.9 Å². The summed E-state index contributed by atoms with van der Waals surface area (Å²) in [6.45, 7) is 6.50. The fraction of sp³-hybridized carbons (Fsp3) is 0.292. The minimum absolute atomic E-state index is 0.0909. The van der Waals surface area contributed by atoms with Gasteiger partial charge in [0.05, 0.1) is 6.67 Å². The smallest absolute Gasteiger partial charge is 0.357 e. The van der Waals surface area contributed by atoms with Gasteiger partial charge in [-0.2, -0.15) is 13.2 Å². The molecule has 1 aromatic heterocycles. The molecule has 0 aliphatic carbocycles. The van der Waals surface area contributed by atoms with Gasteiger partial charge in [-0.15, -0.1) is 0 Å². The number of hydrogen-bond donors (Lipinski definition) is 0. The van der Waals surface area contributed by atoms with Crippen molar-refractivity contribution in [2.24, 2.45) is 0 Å². The molecule has 1 saturated heterocycles. The molecule has 4 rings (SSSR count). The lowest BCUT2D eigenvalue weighted by Gasteiger charge is -2.30. The van der Waals surface area contributed by atoms with Gasteiger partial charge in [0.1, 0.15) is 0 Å². The van der Waals surface area contributed by atoms with Crippen LogP contribution in [0.25, 0.3) is 11.1 Å². The second-order valence-electron chi connectivity index (χ2n) is 8.40. The summed E-state index contributed by atoms with van der Waals surface area (Å²) in [5, 5.41) is 0.681. The molecule has 0 saturated carbocycles. The minimum Gasteiger partial charge on any atom is -0.357 e. The van der Waals surface area contributed by atoms with Crippen LogP contribution in [-0.4, -0.2) is 34.1 Å². The fourth-order valence-electron chi connectivity index (χ4n) is 4.00. The first-order chi connectivity index (χ1) is 15.1. The number of aromatic nitrogens is 1. The molecule has 1 fully saturated rings. The lowest BCUT2D eigenvalue weighted by Crippen LogP contribution is -2.39. The summed E-state index contributed by atoms with van der Waals surface area (Å²) in [5.41, 5.74) is -0.420. The van der Waals surface area contributed by atoms with Crippen molar-refractivity contribution in [3.63, 3.8) is 0 Å². The monoisotopic (exact) mass is 477 g/mol. The molecule has 3 aromatic rings. The second kappa shape index (κ2) is 8.96. The van der Waals surface area contributed by atoms with Crippen LogP contribution in [0.15, 0.2) is 71.9 Å².